The normalized spacial score (nSPS) is 17.8. The van der Waals surface area contributed by atoms with E-state index < -0.39 is 22.8 Å². The summed E-state index contributed by atoms with van der Waals surface area (Å²) in [6.45, 7) is 4.28. The average molecular weight is 439 g/mol. The predicted molar refractivity (Wildman–Crippen MR) is 120 cm³/mol. The quantitative estimate of drug-likeness (QED) is 0.499. The number of anilines is 2. The molecule has 0 amide bonds. The first-order chi connectivity index (χ1) is 14.7. The van der Waals surface area contributed by atoms with Gasteiger partial charge in [-0.2, -0.15) is 0 Å². The fraction of sp³-hybridized carbons (Fsp3) is 0.208. The molecule has 31 heavy (non-hydrogen) atoms. The van der Waals surface area contributed by atoms with E-state index in [0.717, 1.165) is 23.2 Å². The van der Waals surface area contributed by atoms with Crippen LogP contribution in [0.2, 0.25) is 0 Å². The van der Waals surface area contributed by atoms with Gasteiger partial charge in [-0.25, -0.2) is 13.4 Å². The molecular weight excluding hydrogens is 415 g/mol. The van der Waals surface area contributed by atoms with E-state index in [1.165, 1.54) is 12.1 Å². The monoisotopic (exact) mass is 438 g/mol. The highest BCUT2D eigenvalue weighted by Crippen LogP contribution is 2.45. The number of fused-ring (bicyclic) bond motifs is 1. The zero-order valence-electron chi connectivity index (χ0n) is 17.2. The van der Waals surface area contributed by atoms with E-state index in [1.54, 1.807) is 24.3 Å². The van der Waals surface area contributed by atoms with Crippen molar-refractivity contribution in [1.82, 2.24) is 0 Å². The molecule has 0 spiro atoms. The lowest BCUT2D eigenvalue weighted by atomic mass is 9.73. The lowest BCUT2D eigenvalue weighted by molar-refractivity contribution is 0.0696. The molecule has 0 aliphatic carbocycles. The molecule has 3 aromatic rings. The zero-order valence-corrected chi connectivity index (χ0v) is 18.0. The fourth-order valence-corrected chi connectivity index (χ4v) is 4.90. The second-order valence-corrected chi connectivity index (χ2v) is 9.52. The van der Waals surface area contributed by atoms with Crippen LogP contribution in [-0.4, -0.2) is 15.3 Å². The van der Waals surface area contributed by atoms with E-state index in [0.29, 0.717) is 5.69 Å². The topological polar surface area (TPSA) is 78.4 Å². The summed E-state index contributed by atoms with van der Waals surface area (Å²) >= 11 is 0. The molecule has 3 N–H and O–H groups in total. The number of rotatable bonds is 5. The summed E-state index contributed by atoms with van der Waals surface area (Å²) < 4.78 is 29.1. The molecule has 0 saturated carbocycles. The van der Waals surface area contributed by atoms with Gasteiger partial charge in [-0.15, -0.1) is 0 Å². The maximum atomic E-state index is 13.9. The summed E-state index contributed by atoms with van der Waals surface area (Å²) in [6.07, 6.45) is 0.735. The first kappa shape index (κ1) is 21.1. The zero-order chi connectivity index (χ0) is 22.2. The Balaban J connectivity index is 1.54. The molecule has 7 heteroatoms. The van der Waals surface area contributed by atoms with Crippen molar-refractivity contribution in [2.24, 2.45) is 5.41 Å². The minimum Gasteiger partial charge on any atom is -0.478 e. The highest BCUT2D eigenvalue weighted by atomic mass is 32.2. The van der Waals surface area contributed by atoms with Crippen molar-refractivity contribution in [3.63, 3.8) is 0 Å². The molecule has 5 nitrogen and oxygen atoms in total. The van der Waals surface area contributed by atoms with Crippen LogP contribution in [0.5, 0.6) is 0 Å². The molecule has 1 heterocycles. The molecule has 3 aromatic carbocycles. The largest absolute Gasteiger partial charge is 0.478 e. The van der Waals surface area contributed by atoms with Crippen LogP contribution in [0.15, 0.2) is 71.6 Å². The van der Waals surface area contributed by atoms with Crippen LogP contribution < -0.4 is 10.0 Å². The van der Waals surface area contributed by atoms with Gasteiger partial charge in [-0.05, 0) is 65.4 Å². The minimum atomic E-state index is -1.70. The predicted octanol–water partition coefficient (Wildman–Crippen LogP) is 5.39. The van der Waals surface area contributed by atoms with Crippen LogP contribution in [0.25, 0.3) is 0 Å². The number of carbonyl (C=O) groups is 1. The summed E-state index contributed by atoms with van der Waals surface area (Å²) in [4.78, 5) is 11.4. The van der Waals surface area contributed by atoms with Crippen molar-refractivity contribution in [3.8, 4) is 0 Å². The summed E-state index contributed by atoms with van der Waals surface area (Å²) in [5.41, 5.74) is 3.73. The Morgan fingerprint density at radius 2 is 1.84 bits per heavy atom. The van der Waals surface area contributed by atoms with Crippen molar-refractivity contribution in [2.45, 2.75) is 31.2 Å². The Kier molecular flexibility index (Phi) is 5.54. The average Bonchev–Trinajstić information content (AvgIpc) is 2.73. The SMILES string of the molecule is CC1(C)Cc2cc(C(=O)O)ccc2NC1c1ccc(NS(=O)c2ccccc2F)cc1. The summed E-state index contributed by atoms with van der Waals surface area (Å²) in [5.74, 6) is -1.44. The van der Waals surface area contributed by atoms with Crippen LogP contribution in [0, 0.1) is 11.2 Å². The van der Waals surface area contributed by atoms with E-state index in [4.69, 9.17) is 0 Å². The lowest BCUT2D eigenvalue weighted by Crippen LogP contribution is -2.35. The van der Waals surface area contributed by atoms with Gasteiger partial charge < -0.3 is 15.1 Å². The Morgan fingerprint density at radius 3 is 2.52 bits per heavy atom. The van der Waals surface area contributed by atoms with Gasteiger partial charge in [0.05, 0.1) is 16.5 Å². The highest BCUT2D eigenvalue weighted by molar-refractivity contribution is 7.86. The van der Waals surface area contributed by atoms with Crippen LogP contribution in [-0.2, 0) is 17.4 Å². The molecule has 1 aliphatic heterocycles. The van der Waals surface area contributed by atoms with Crippen LogP contribution in [0.1, 0.15) is 41.4 Å². The molecule has 1 aliphatic rings. The molecule has 2 atom stereocenters. The molecule has 0 radical (unpaired) electrons. The van der Waals surface area contributed by atoms with Crippen molar-refractivity contribution < 1.29 is 18.5 Å². The van der Waals surface area contributed by atoms with E-state index >= 15 is 0 Å². The van der Waals surface area contributed by atoms with E-state index in [1.807, 2.05) is 30.3 Å². The Morgan fingerprint density at radius 1 is 1.13 bits per heavy atom. The van der Waals surface area contributed by atoms with Gasteiger partial charge >= 0.3 is 5.97 Å². The van der Waals surface area contributed by atoms with Crippen LogP contribution in [0.3, 0.4) is 0 Å². The third-order valence-corrected chi connectivity index (χ3v) is 6.72. The van der Waals surface area contributed by atoms with E-state index in [2.05, 4.69) is 23.9 Å². The molecule has 0 saturated heterocycles. The summed E-state index contributed by atoms with van der Waals surface area (Å²) in [6, 6.07) is 18.7. The molecule has 2 unspecified atom stereocenters. The van der Waals surface area contributed by atoms with Crippen LogP contribution >= 0.6 is 0 Å². The summed E-state index contributed by atoms with van der Waals surface area (Å²) in [5, 5.41) is 12.8. The third-order valence-electron chi connectivity index (χ3n) is 5.57. The van der Waals surface area contributed by atoms with Gasteiger partial charge in [0, 0.05) is 11.4 Å². The Bertz CT molecular complexity index is 1160. The molecule has 0 aromatic heterocycles. The van der Waals surface area contributed by atoms with Crippen molar-refractivity contribution >= 4 is 28.3 Å². The van der Waals surface area contributed by atoms with Gasteiger partial charge in [0.15, 0.2) is 11.0 Å². The first-order valence-corrected chi connectivity index (χ1v) is 11.1. The fourth-order valence-electron chi connectivity index (χ4n) is 3.99. The lowest BCUT2D eigenvalue weighted by Gasteiger charge is -2.41. The van der Waals surface area contributed by atoms with E-state index in [9.17, 15) is 18.5 Å². The number of benzene rings is 3. The van der Waals surface area contributed by atoms with Gasteiger partial charge in [-0.3, -0.25) is 0 Å². The minimum absolute atomic E-state index is 0.0155. The number of nitrogens with one attached hydrogen (secondary N) is 2. The smallest absolute Gasteiger partial charge is 0.335 e. The third kappa shape index (κ3) is 4.32. The highest BCUT2D eigenvalue weighted by Gasteiger charge is 2.36. The molecule has 4 rings (SSSR count). The number of halogens is 1. The maximum absolute atomic E-state index is 13.9. The van der Waals surface area contributed by atoms with Crippen LogP contribution in [0.4, 0.5) is 15.8 Å². The standard InChI is InChI=1S/C24H23FN2O3S/c1-24(2)14-17-13-16(23(28)29)9-12-20(17)26-22(24)15-7-10-18(11-8-15)27-31(30)21-6-4-3-5-19(21)25/h3-13,22,26-27H,14H2,1-2H3,(H,28,29). The Hall–Kier alpha value is -3.19. The van der Waals surface area contributed by atoms with Gasteiger partial charge in [0.1, 0.15) is 5.82 Å². The van der Waals surface area contributed by atoms with Crippen molar-refractivity contribution in [3.05, 3.63) is 89.2 Å². The number of hydrogen-bond donors (Lipinski definition) is 3. The molecule has 0 bridgehead atoms. The van der Waals surface area contributed by atoms with E-state index in [-0.39, 0.29) is 21.9 Å². The van der Waals surface area contributed by atoms with Crippen molar-refractivity contribution in [1.29, 1.82) is 0 Å². The van der Waals surface area contributed by atoms with Crippen molar-refractivity contribution in [2.75, 3.05) is 10.0 Å². The molecular formula is C24H23FN2O3S. The Labute approximate surface area is 182 Å². The second kappa shape index (κ2) is 8.15. The molecule has 160 valence electrons. The molecule has 0 fully saturated rings. The summed E-state index contributed by atoms with van der Waals surface area (Å²) in [7, 11) is -1.70. The van der Waals surface area contributed by atoms with Gasteiger partial charge in [-0.1, -0.05) is 38.1 Å². The number of hydrogen-bond acceptors (Lipinski definition) is 3. The van der Waals surface area contributed by atoms with Gasteiger partial charge in [0.25, 0.3) is 0 Å². The van der Waals surface area contributed by atoms with Gasteiger partial charge in [0.2, 0.25) is 0 Å². The maximum Gasteiger partial charge on any atom is 0.335 e. The number of carboxylic acids is 1. The number of carboxylic acid groups (broad SMARTS) is 1. The first-order valence-electron chi connectivity index (χ1n) is 9.90. The second-order valence-electron chi connectivity index (χ2n) is 8.34. The number of aromatic carboxylic acids is 1.